The maximum Gasteiger partial charge on any atom is 0.256 e. The number of aromatic nitrogens is 2. The molecular weight excluding hydrogens is 168 g/mol. The molecule has 0 aliphatic heterocycles. The molecule has 0 aliphatic rings. The third kappa shape index (κ3) is 1.56. The van der Waals surface area contributed by atoms with E-state index in [2.05, 4.69) is 0 Å². The van der Waals surface area contributed by atoms with Gasteiger partial charge < -0.3 is 9.90 Å². The number of nitrogens with zero attached hydrogens (tertiary/aromatic N) is 2. The Hall–Kier alpha value is -1.32. The van der Waals surface area contributed by atoms with E-state index in [1.807, 2.05) is 25.5 Å². The maximum absolute atomic E-state index is 10.7. The predicted octanol–water partition coefficient (Wildman–Crippen LogP) is -0.742. The number of rotatable bonds is 3. The quantitative estimate of drug-likeness (QED) is 0.578. The highest BCUT2D eigenvalue weighted by Crippen LogP contribution is 2.02. The molecule has 4 heteroatoms. The van der Waals surface area contributed by atoms with Gasteiger partial charge in [0.2, 0.25) is 0 Å². The Morgan fingerprint density at radius 3 is 2.62 bits per heavy atom. The average molecular weight is 182 g/mol. The van der Waals surface area contributed by atoms with Gasteiger partial charge in [0.25, 0.3) is 5.82 Å². The fourth-order valence-corrected chi connectivity index (χ4v) is 1.61. The molecule has 13 heavy (non-hydrogen) atoms. The Labute approximate surface area is 77.4 Å². The van der Waals surface area contributed by atoms with Crippen LogP contribution in [-0.2, 0) is 20.0 Å². The second kappa shape index (κ2) is 3.60. The number of aromatic carboxylic acids is 1. The average Bonchev–Trinajstić information content (AvgIpc) is 2.41. The molecule has 1 heterocycles. The standard InChI is InChI=1S/C9H14N2O2/c1-4-8-10(3)6-7(9(12)13)11(8)5-2/h6H,4-5H2,1-3H3. The van der Waals surface area contributed by atoms with Crippen LogP contribution < -0.4 is 9.67 Å². The lowest BCUT2D eigenvalue weighted by atomic mass is 10.4. The van der Waals surface area contributed by atoms with Gasteiger partial charge in [-0.2, -0.15) is 0 Å². The molecule has 72 valence electrons. The first-order valence-electron chi connectivity index (χ1n) is 4.41. The van der Waals surface area contributed by atoms with E-state index >= 15 is 0 Å². The van der Waals surface area contributed by atoms with Crippen molar-refractivity contribution in [3.05, 3.63) is 17.7 Å². The summed E-state index contributed by atoms with van der Waals surface area (Å²) in [5, 5.41) is 10.7. The van der Waals surface area contributed by atoms with Crippen LogP contribution in [0.1, 0.15) is 30.2 Å². The van der Waals surface area contributed by atoms with E-state index in [1.54, 1.807) is 10.8 Å². The maximum atomic E-state index is 10.7. The van der Waals surface area contributed by atoms with Crippen molar-refractivity contribution in [2.75, 3.05) is 0 Å². The first-order chi connectivity index (χ1) is 6.11. The van der Waals surface area contributed by atoms with Crippen molar-refractivity contribution in [1.82, 2.24) is 4.57 Å². The fraction of sp³-hybridized carbons (Fsp3) is 0.556. The van der Waals surface area contributed by atoms with Crippen LogP contribution in [-0.4, -0.2) is 10.5 Å². The molecule has 1 aromatic heterocycles. The highest BCUT2D eigenvalue weighted by atomic mass is 16.4. The first kappa shape index (κ1) is 9.77. The topological polar surface area (TPSA) is 48.9 Å². The lowest BCUT2D eigenvalue weighted by Gasteiger charge is -2.00. The molecule has 0 aliphatic carbocycles. The number of hydrogen-bond donors (Lipinski definition) is 0. The normalized spacial score (nSPS) is 10.4. The van der Waals surface area contributed by atoms with Crippen LogP contribution >= 0.6 is 0 Å². The highest BCUT2D eigenvalue weighted by Gasteiger charge is 2.18. The zero-order chi connectivity index (χ0) is 10.0. The summed E-state index contributed by atoms with van der Waals surface area (Å²) in [7, 11) is 1.84. The summed E-state index contributed by atoms with van der Waals surface area (Å²) >= 11 is 0. The second-order valence-corrected chi connectivity index (χ2v) is 2.93. The van der Waals surface area contributed by atoms with Crippen molar-refractivity contribution >= 4 is 5.97 Å². The van der Waals surface area contributed by atoms with Crippen molar-refractivity contribution < 1.29 is 14.5 Å². The number of hydrogen-bond acceptors (Lipinski definition) is 2. The minimum absolute atomic E-state index is 0.252. The van der Waals surface area contributed by atoms with Crippen LogP contribution in [0.4, 0.5) is 0 Å². The smallest absolute Gasteiger partial charge is 0.256 e. The number of carbonyl (C=O) groups is 1. The van der Waals surface area contributed by atoms with Crippen LogP contribution in [0.3, 0.4) is 0 Å². The minimum atomic E-state index is -1.11. The van der Waals surface area contributed by atoms with Gasteiger partial charge in [-0.15, -0.1) is 0 Å². The Kier molecular flexibility index (Phi) is 2.70. The molecule has 0 saturated heterocycles. The molecule has 0 radical (unpaired) electrons. The van der Waals surface area contributed by atoms with Crippen LogP contribution in [0.2, 0.25) is 0 Å². The SMILES string of the molecule is CCc1n(CC)c(C(=O)[O-])c[n+]1C. The minimum Gasteiger partial charge on any atom is -0.541 e. The first-order valence-corrected chi connectivity index (χ1v) is 4.41. The van der Waals surface area contributed by atoms with Crippen LogP contribution in [0.5, 0.6) is 0 Å². The van der Waals surface area contributed by atoms with E-state index in [4.69, 9.17) is 0 Å². The Balaban J connectivity index is 3.29. The summed E-state index contributed by atoms with van der Waals surface area (Å²) in [4.78, 5) is 10.7. The molecule has 4 nitrogen and oxygen atoms in total. The van der Waals surface area contributed by atoms with Crippen molar-refractivity contribution in [2.45, 2.75) is 26.8 Å². The van der Waals surface area contributed by atoms with Crippen molar-refractivity contribution in [1.29, 1.82) is 0 Å². The monoisotopic (exact) mass is 182 g/mol. The second-order valence-electron chi connectivity index (χ2n) is 2.93. The molecule has 0 spiro atoms. The predicted molar refractivity (Wildman–Crippen MR) is 45.0 cm³/mol. The van der Waals surface area contributed by atoms with Crippen molar-refractivity contribution in [3.8, 4) is 0 Å². The van der Waals surface area contributed by atoms with Gasteiger partial charge in [0.1, 0.15) is 12.2 Å². The van der Waals surface area contributed by atoms with Gasteiger partial charge in [-0.25, -0.2) is 9.13 Å². The van der Waals surface area contributed by atoms with E-state index in [0.717, 1.165) is 12.2 Å². The summed E-state index contributed by atoms with van der Waals surface area (Å²) in [5.41, 5.74) is 0.252. The largest absolute Gasteiger partial charge is 0.541 e. The van der Waals surface area contributed by atoms with E-state index in [0.29, 0.717) is 6.54 Å². The lowest BCUT2D eigenvalue weighted by molar-refractivity contribution is -0.678. The number of carbonyl (C=O) groups excluding carboxylic acids is 1. The van der Waals surface area contributed by atoms with Gasteiger partial charge in [0.05, 0.1) is 13.6 Å². The molecule has 0 bridgehead atoms. The van der Waals surface area contributed by atoms with Gasteiger partial charge in [-0.3, -0.25) is 0 Å². The van der Waals surface area contributed by atoms with E-state index in [-0.39, 0.29) is 5.69 Å². The molecular formula is C9H14N2O2. The van der Waals surface area contributed by atoms with Gasteiger partial charge >= 0.3 is 0 Å². The summed E-state index contributed by atoms with van der Waals surface area (Å²) in [6.07, 6.45) is 2.41. The Bertz CT molecular complexity index is 329. The van der Waals surface area contributed by atoms with Gasteiger partial charge in [-0.05, 0) is 6.92 Å². The van der Waals surface area contributed by atoms with Gasteiger partial charge in [0.15, 0.2) is 5.69 Å². The molecule has 0 N–H and O–H groups in total. The molecule has 0 saturated carbocycles. The van der Waals surface area contributed by atoms with Crippen LogP contribution in [0.15, 0.2) is 6.20 Å². The van der Waals surface area contributed by atoms with E-state index in [9.17, 15) is 9.90 Å². The third-order valence-electron chi connectivity index (χ3n) is 2.17. The number of carboxylic acids is 1. The molecule has 0 aromatic carbocycles. The van der Waals surface area contributed by atoms with Crippen molar-refractivity contribution in [3.63, 3.8) is 0 Å². The zero-order valence-corrected chi connectivity index (χ0v) is 8.20. The highest BCUT2D eigenvalue weighted by molar-refractivity contribution is 5.83. The number of imidazole rings is 1. The molecule has 0 fully saturated rings. The van der Waals surface area contributed by atoms with Gasteiger partial charge in [0, 0.05) is 6.42 Å². The molecule has 0 unspecified atom stereocenters. The molecule has 0 atom stereocenters. The van der Waals surface area contributed by atoms with Gasteiger partial charge in [-0.1, -0.05) is 6.92 Å². The van der Waals surface area contributed by atoms with Crippen LogP contribution in [0, 0.1) is 0 Å². The third-order valence-corrected chi connectivity index (χ3v) is 2.17. The summed E-state index contributed by atoms with van der Waals surface area (Å²) in [6.45, 7) is 4.58. The zero-order valence-electron chi connectivity index (χ0n) is 8.20. The Morgan fingerprint density at radius 2 is 2.23 bits per heavy atom. The number of aryl methyl sites for hydroxylation is 1. The van der Waals surface area contributed by atoms with Crippen LogP contribution in [0.25, 0.3) is 0 Å². The van der Waals surface area contributed by atoms with E-state index in [1.165, 1.54) is 0 Å². The van der Waals surface area contributed by atoms with Crippen molar-refractivity contribution in [2.24, 2.45) is 7.05 Å². The summed E-state index contributed by atoms with van der Waals surface area (Å²) < 4.78 is 3.59. The van der Waals surface area contributed by atoms with E-state index < -0.39 is 5.97 Å². The molecule has 1 aromatic rings. The molecule has 1 rings (SSSR count). The molecule has 0 amide bonds. The lowest BCUT2D eigenvalue weighted by Crippen LogP contribution is -2.31. The summed E-state index contributed by atoms with van der Waals surface area (Å²) in [6, 6.07) is 0. The number of carboxylic acid groups (broad SMARTS) is 1. The summed E-state index contributed by atoms with van der Waals surface area (Å²) in [5.74, 6) is -0.112. The fourth-order valence-electron chi connectivity index (χ4n) is 1.61. The Morgan fingerprint density at radius 1 is 1.62 bits per heavy atom.